The Morgan fingerprint density at radius 2 is 1.92 bits per heavy atom. The summed E-state index contributed by atoms with van der Waals surface area (Å²) in [5.74, 6) is 0. The third-order valence-corrected chi connectivity index (χ3v) is 1.87. The van der Waals surface area contributed by atoms with E-state index in [2.05, 4.69) is 4.98 Å². The van der Waals surface area contributed by atoms with Crippen LogP contribution >= 0.6 is 0 Å². The van der Waals surface area contributed by atoms with Crippen molar-refractivity contribution in [3.63, 3.8) is 0 Å². The number of aryl methyl sites for hydroxylation is 1. The maximum Gasteiger partial charge on any atom is 0.0701 e. The second-order valence-electron chi connectivity index (χ2n) is 2.84. The first kappa shape index (κ1) is 5.92. The molecule has 0 bridgehead atoms. The van der Waals surface area contributed by atoms with Gasteiger partial charge in [-0.25, -0.2) is 0 Å². The van der Waals surface area contributed by atoms with Crippen molar-refractivity contribution in [2.45, 2.75) is 6.88 Å². The third kappa shape index (κ3) is 1.75. The summed E-state index contributed by atoms with van der Waals surface area (Å²) in [6.45, 7) is -0.914. The van der Waals surface area contributed by atoms with Crippen LogP contribution in [0.4, 0.5) is 0 Å². The van der Waals surface area contributed by atoms with Gasteiger partial charge in [0.25, 0.3) is 0 Å². The fourth-order valence-electron chi connectivity index (χ4n) is 1.19. The molecule has 1 heteroatoms. The van der Waals surface area contributed by atoms with Gasteiger partial charge in [-0.2, -0.15) is 0 Å². The molecule has 1 aromatic carbocycles. The Balaban J connectivity index is 2.32. The molecule has 2 rings (SSSR count). The van der Waals surface area contributed by atoms with Crippen LogP contribution in [0.1, 0.15) is 8.30 Å². The van der Waals surface area contributed by atoms with E-state index in [4.69, 9.17) is 2.74 Å². The van der Waals surface area contributed by atoms with Crippen LogP contribution in [0.5, 0.6) is 0 Å². The molecule has 0 aliphatic heterocycles. The van der Waals surface area contributed by atoms with Crippen LogP contribution in [0.15, 0.2) is 48.7 Å². The Hall–Kier alpha value is -1.63. The third-order valence-electron chi connectivity index (χ3n) is 1.87. The molecular formula is C12H11N. The molecule has 0 spiro atoms. The van der Waals surface area contributed by atoms with Crippen LogP contribution < -0.4 is 0 Å². The zero-order valence-electron chi connectivity index (χ0n) is 9.14. The summed E-state index contributed by atoms with van der Waals surface area (Å²) in [6, 6.07) is 13.1. The lowest BCUT2D eigenvalue weighted by molar-refractivity contribution is 1.32. The Morgan fingerprint density at radius 1 is 1.08 bits per heavy atom. The number of aromatic nitrogens is 1. The van der Waals surface area contributed by atoms with Crippen LogP contribution in [0.3, 0.4) is 0 Å². The molecule has 1 aromatic heterocycles. The molecule has 1 nitrogen and oxygen atoms in total. The Kier molecular flexibility index (Phi) is 1.55. The molecule has 0 saturated heterocycles. The molecule has 13 heavy (non-hydrogen) atoms. The van der Waals surface area contributed by atoms with E-state index in [-0.39, 0.29) is 0 Å². The minimum absolute atomic E-state index is 0.703. The number of hydrogen-bond donors (Lipinski definition) is 0. The molecular weight excluding hydrogens is 158 g/mol. The summed E-state index contributed by atoms with van der Waals surface area (Å²) in [5, 5.41) is 0. The minimum atomic E-state index is -0.914. The van der Waals surface area contributed by atoms with Crippen molar-refractivity contribution in [2.24, 2.45) is 0 Å². The zero-order chi connectivity index (χ0) is 10.7. The average Bonchev–Trinajstić information content (AvgIpc) is 2.30. The second kappa shape index (κ2) is 3.40. The lowest BCUT2D eigenvalue weighted by atomic mass is 10.1. The summed E-state index contributed by atoms with van der Waals surface area (Å²) < 4.78 is 14.5. The summed E-state index contributed by atoms with van der Waals surface area (Å²) in [4.78, 5) is 4.23. The first-order valence-electron chi connectivity index (χ1n) is 5.29. The van der Waals surface area contributed by atoms with Crippen molar-refractivity contribution in [3.8, 4) is 11.3 Å². The molecule has 2 aromatic rings. The summed E-state index contributed by atoms with van der Waals surface area (Å²) in [6.07, 6.45) is 1.75. The fraction of sp³-hybridized carbons (Fsp3) is 0.0833. The van der Waals surface area contributed by atoms with Gasteiger partial charge in [0, 0.05) is 14.5 Å². The van der Waals surface area contributed by atoms with Crippen LogP contribution in [-0.2, 0) is 0 Å². The molecule has 0 fully saturated rings. The number of nitrogens with zero attached hydrogens (tertiary/aromatic N) is 1. The van der Waals surface area contributed by atoms with Gasteiger partial charge < -0.3 is 0 Å². The Morgan fingerprint density at radius 3 is 2.54 bits per heavy atom. The van der Waals surface area contributed by atoms with Crippen molar-refractivity contribution in [1.29, 1.82) is 0 Å². The average molecular weight is 171 g/mol. The quantitative estimate of drug-likeness (QED) is 0.642. The summed E-state index contributed by atoms with van der Waals surface area (Å²) in [5.41, 5.74) is 2.63. The number of hydrogen-bond acceptors (Lipinski definition) is 1. The van der Waals surface area contributed by atoms with E-state index in [1.54, 1.807) is 18.3 Å². The van der Waals surface area contributed by atoms with Gasteiger partial charge in [-0.05, 0) is 19.0 Å². The first-order valence-corrected chi connectivity index (χ1v) is 4.13. The van der Waals surface area contributed by atoms with Gasteiger partial charge in [-0.3, -0.25) is 4.98 Å². The highest BCUT2D eigenvalue weighted by molar-refractivity contribution is 5.58. The van der Waals surface area contributed by atoms with Gasteiger partial charge >= 0.3 is 0 Å². The maximum atomic E-state index is 7.24. The smallest absolute Gasteiger partial charge is 0.0701 e. The number of pyridine rings is 1. The van der Waals surface area contributed by atoms with E-state index < -0.39 is 6.88 Å². The van der Waals surface area contributed by atoms with Crippen molar-refractivity contribution in [1.82, 2.24) is 4.98 Å². The van der Waals surface area contributed by atoms with Gasteiger partial charge in [0.15, 0.2) is 0 Å². The molecule has 0 aliphatic carbocycles. The highest BCUT2D eigenvalue weighted by Gasteiger charge is 1.95. The molecule has 0 saturated carbocycles. The van der Waals surface area contributed by atoms with Crippen LogP contribution in [-0.4, -0.2) is 4.98 Å². The lowest BCUT2D eigenvalue weighted by Gasteiger charge is -1.99. The normalized spacial score (nSPS) is 12.4. The fourth-order valence-corrected chi connectivity index (χ4v) is 1.19. The monoisotopic (exact) mass is 171 g/mol. The predicted molar refractivity (Wildman–Crippen MR) is 54.4 cm³/mol. The van der Waals surface area contributed by atoms with Gasteiger partial charge in [0.05, 0.1) is 5.69 Å². The van der Waals surface area contributed by atoms with Crippen LogP contribution in [0, 0.1) is 6.88 Å². The highest BCUT2D eigenvalue weighted by atomic mass is 14.7. The second-order valence-corrected chi connectivity index (χ2v) is 2.84. The molecule has 1 heterocycles. The minimum Gasteiger partial charge on any atom is -0.256 e. The van der Waals surface area contributed by atoms with Crippen molar-refractivity contribution < 1.29 is 2.74 Å². The van der Waals surface area contributed by atoms with Crippen LogP contribution in [0.25, 0.3) is 11.3 Å². The molecule has 0 amide bonds. The summed E-state index contributed by atoms with van der Waals surface area (Å²) >= 11 is 0. The van der Waals surface area contributed by atoms with E-state index in [1.165, 1.54) is 0 Å². The van der Waals surface area contributed by atoms with Gasteiger partial charge in [0.2, 0.25) is 0 Å². The van der Waals surface area contributed by atoms with Crippen molar-refractivity contribution in [3.05, 3.63) is 54.2 Å². The predicted octanol–water partition coefficient (Wildman–Crippen LogP) is 3.06. The zero-order valence-corrected chi connectivity index (χ0v) is 7.14. The van der Waals surface area contributed by atoms with Gasteiger partial charge in [-0.1, -0.05) is 35.9 Å². The van der Waals surface area contributed by atoms with Gasteiger partial charge in [-0.15, -0.1) is 0 Å². The molecule has 0 aliphatic rings. The van der Waals surface area contributed by atoms with Gasteiger partial charge in [0.1, 0.15) is 0 Å². The highest BCUT2D eigenvalue weighted by Crippen LogP contribution is 2.15. The first-order chi connectivity index (χ1) is 7.27. The van der Waals surface area contributed by atoms with E-state index in [0.717, 1.165) is 11.3 Å². The molecule has 0 radical (unpaired) electrons. The maximum absolute atomic E-state index is 7.24. The van der Waals surface area contributed by atoms with E-state index in [9.17, 15) is 0 Å². The van der Waals surface area contributed by atoms with E-state index in [1.807, 2.05) is 30.3 Å². The number of benzene rings is 1. The molecule has 0 N–H and O–H groups in total. The Labute approximate surface area is 80.9 Å². The summed E-state index contributed by atoms with van der Waals surface area (Å²) in [7, 11) is 0. The van der Waals surface area contributed by atoms with Crippen LogP contribution in [0.2, 0.25) is 0 Å². The SMILES string of the molecule is [2H]C([2H])c1ccc(-c2ccccn2)cc1. The Bertz CT molecular complexity index is 423. The number of rotatable bonds is 1. The largest absolute Gasteiger partial charge is 0.256 e. The lowest BCUT2D eigenvalue weighted by Crippen LogP contribution is -1.81. The van der Waals surface area contributed by atoms with E-state index >= 15 is 0 Å². The van der Waals surface area contributed by atoms with Crippen molar-refractivity contribution in [2.75, 3.05) is 0 Å². The molecule has 0 unspecified atom stereocenters. The standard InChI is InChI=1S/C12H11N/c1-10-5-7-11(8-6-10)12-4-2-3-9-13-12/h2-9H,1H3/i1D2. The van der Waals surface area contributed by atoms with Crippen molar-refractivity contribution >= 4 is 0 Å². The molecule has 0 atom stereocenters. The molecule has 64 valence electrons. The van der Waals surface area contributed by atoms with E-state index in [0.29, 0.717) is 5.56 Å². The topological polar surface area (TPSA) is 12.9 Å².